The molecular weight excluding hydrogens is 380 g/mol. The Hall–Kier alpha value is -3.38. The summed E-state index contributed by atoms with van der Waals surface area (Å²) in [4.78, 5) is 4.81. The molecule has 3 heteroatoms. The molecule has 1 aliphatic rings. The molecule has 31 heavy (non-hydrogen) atoms. The molecule has 0 unspecified atom stereocenters. The van der Waals surface area contributed by atoms with Crippen molar-refractivity contribution in [3.8, 4) is 28.8 Å². The van der Waals surface area contributed by atoms with Crippen molar-refractivity contribution in [1.82, 2.24) is 4.98 Å². The number of aromatic nitrogens is 1. The molecule has 0 aliphatic carbocycles. The average molecular weight is 407 g/mol. The van der Waals surface area contributed by atoms with Gasteiger partial charge in [0, 0.05) is 27.9 Å². The molecular formula is C28H26N2O. The number of benzene rings is 3. The van der Waals surface area contributed by atoms with Crippen LogP contribution in [0, 0.1) is 23.7 Å². The summed E-state index contributed by atoms with van der Waals surface area (Å²) in [6.07, 6.45) is 2.62. The molecule has 4 aromatic rings. The van der Waals surface area contributed by atoms with E-state index in [-0.39, 0.29) is 0 Å². The molecule has 0 atom stereocenters. The molecule has 0 bridgehead atoms. The van der Waals surface area contributed by atoms with E-state index < -0.39 is 5.41 Å². The number of rotatable bonds is 3. The lowest BCUT2D eigenvalue weighted by Gasteiger charge is -2.24. The number of hydrogen-bond donors (Lipinski definition) is 0. The van der Waals surface area contributed by atoms with E-state index in [0.717, 1.165) is 44.5 Å². The van der Waals surface area contributed by atoms with Gasteiger partial charge < -0.3 is 4.74 Å². The maximum atomic E-state index is 9.47. The van der Waals surface area contributed by atoms with Crippen LogP contribution in [0.3, 0.4) is 0 Å². The van der Waals surface area contributed by atoms with Crippen LogP contribution in [0.1, 0.15) is 50.3 Å². The number of fused-ring (bicyclic) bond motifs is 4. The molecule has 0 saturated carbocycles. The molecule has 5 rings (SSSR count). The molecule has 0 saturated heterocycles. The highest BCUT2D eigenvalue weighted by atomic mass is 16.5. The van der Waals surface area contributed by atoms with Crippen molar-refractivity contribution in [3.63, 3.8) is 0 Å². The molecule has 3 nitrogen and oxygen atoms in total. The Morgan fingerprint density at radius 3 is 2.61 bits per heavy atom. The SMILES string of the molecule is Cc1cc2c3c(cc(C(C)C)cc3c1)Oc1c-2ncc2ccc(CC(C)(C)C#N)cc12. The third kappa shape index (κ3) is 3.24. The van der Waals surface area contributed by atoms with Crippen LogP contribution in [0.15, 0.2) is 48.7 Å². The van der Waals surface area contributed by atoms with Crippen LogP contribution < -0.4 is 4.74 Å². The summed E-state index contributed by atoms with van der Waals surface area (Å²) in [5.74, 6) is 2.13. The van der Waals surface area contributed by atoms with Gasteiger partial charge in [0.15, 0.2) is 5.75 Å². The number of aryl methyl sites for hydroxylation is 1. The van der Waals surface area contributed by atoms with Crippen LogP contribution in [0.5, 0.6) is 11.5 Å². The van der Waals surface area contributed by atoms with Crippen molar-refractivity contribution in [1.29, 1.82) is 5.26 Å². The maximum Gasteiger partial charge on any atom is 0.161 e. The first-order valence-corrected chi connectivity index (χ1v) is 10.9. The summed E-state index contributed by atoms with van der Waals surface area (Å²) in [5.41, 5.74) is 5.23. The number of nitriles is 1. The summed E-state index contributed by atoms with van der Waals surface area (Å²) in [6, 6.07) is 17.6. The standard InChI is InChI=1S/C28H26N2O/c1-16(2)20-11-21-8-17(3)9-23-25(21)24(12-20)31-27-22-10-18(13-28(4,5)15-29)6-7-19(22)14-30-26(23)27/h6-12,14,16H,13H2,1-5H3. The lowest BCUT2D eigenvalue weighted by atomic mass is 9.86. The molecule has 1 aliphatic heterocycles. The third-order valence-corrected chi connectivity index (χ3v) is 6.17. The van der Waals surface area contributed by atoms with E-state index in [1.54, 1.807) is 0 Å². The van der Waals surface area contributed by atoms with Crippen LogP contribution >= 0.6 is 0 Å². The zero-order valence-corrected chi connectivity index (χ0v) is 18.7. The van der Waals surface area contributed by atoms with Crippen LogP contribution in [0.25, 0.3) is 32.8 Å². The lowest BCUT2D eigenvalue weighted by Crippen LogP contribution is -2.11. The van der Waals surface area contributed by atoms with Gasteiger partial charge in [0.1, 0.15) is 11.4 Å². The smallest absolute Gasteiger partial charge is 0.161 e. The minimum absolute atomic E-state index is 0.414. The number of pyridine rings is 1. The van der Waals surface area contributed by atoms with Gasteiger partial charge in [0.2, 0.25) is 0 Å². The number of ether oxygens (including phenoxy) is 1. The Morgan fingerprint density at radius 2 is 1.87 bits per heavy atom. The van der Waals surface area contributed by atoms with Crippen LogP contribution in [0.4, 0.5) is 0 Å². The zero-order chi connectivity index (χ0) is 21.9. The predicted octanol–water partition coefficient (Wildman–Crippen LogP) is 7.68. The monoisotopic (exact) mass is 406 g/mol. The van der Waals surface area contributed by atoms with E-state index >= 15 is 0 Å². The quantitative estimate of drug-likeness (QED) is 0.308. The largest absolute Gasteiger partial charge is 0.454 e. The van der Waals surface area contributed by atoms with E-state index in [4.69, 9.17) is 9.72 Å². The second-order valence-electron chi connectivity index (χ2n) is 9.72. The first kappa shape index (κ1) is 19.6. The van der Waals surface area contributed by atoms with E-state index in [1.807, 2.05) is 20.0 Å². The Balaban J connectivity index is 1.77. The normalized spacial score (nSPS) is 12.7. The summed E-state index contributed by atoms with van der Waals surface area (Å²) in [7, 11) is 0. The molecule has 1 aromatic heterocycles. The fourth-order valence-corrected chi connectivity index (χ4v) is 4.55. The Morgan fingerprint density at radius 1 is 1.06 bits per heavy atom. The number of hydrogen-bond acceptors (Lipinski definition) is 3. The van der Waals surface area contributed by atoms with Crippen molar-refractivity contribution in [2.24, 2.45) is 5.41 Å². The Labute approximate surface area is 183 Å². The highest BCUT2D eigenvalue weighted by Gasteiger charge is 2.25. The van der Waals surface area contributed by atoms with E-state index in [0.29, 0.717) is 12.3 Å². The van der Waals surface area contributed by atoms with E-state index in [2.05, 4.69) is 69.3 Å². The van der Waals surface area contributed by atoms with E-state index in [1.165, 1.54) is 16.5 Å². The third-order valence-electron chi connectivity index (χ3n) is 6.17. The van der Waals surface area contributed by atoms with Gasteiger partial charge in [-0.2, -0.15) is 5.26 Å². The number of nitrogens with zero attached hydrogens (tertiary/aromatic N) is 2. The second-order valence-corrected chi connectivity index (χ2v) is 9.72. The molecule has 0 radical (unpaired) electrons. The molecule has 2 heterocycles. The van der Waals surface area contributed by atoms with Gasteiger partial charge in [-0.05, 0) is 73.4 Å². The molecule has 0 amide bonds. The first-order valence-electron chi connectivity index (χ1n) is 10.9. The Bertz CT molecular complexity index is 1410. The van der Waals surface area contributed by atoms with Crippen LogP contribution in [0.2, 0.25) is 0 Å². The van der Waals surface area contributed by atoms with Crippen molar-refractivity contribution in [2.45, 2.75) is 47.0 Å². The van der Waals surface area contributed by atoms with Gasteiger partial charge in [-0.3, -0.25) is 4.98 Å². The van der Waals surface area contributed by atoms with Gasteiger partial charge in [-0.25, -0.2) is 0 Å². The highest BCUT2D eigenvalue weighted by molar-refractivity contribution is 6.07. The highest BCUT2D eigenvalue weighted by Crippen LogP contribution is 2.49. The molecule has 0 spiro atoms. The summed E-state index contributed by atoms with van der Waals surface area (Å²) in [5, 5.41) is 13.9. The molecule has 3 aromatic carbocycles. The predicted molar refractivity (Wildman–Crippen MR) is 127 cm³/mol. The fourth-order valence-electron chi connectivity index (χ4n) is 4.55. The minimum atomic E-state index is -0.414. The topological polar surface area (TPSA) is 45.9 Å². The van der Waals surface area contributed by atoms with Crippen molar-refractivity contribution >= 4 is 21.5 Å². The molecule has 0 N–H and O–H groups in total. The lowest BCUT2D eigenvalue weighted by molar-refractivity contribution is 0.487. The Kier molecular flexibility index (Phi) is 4.31. The fraction of sp³-hybridized carbons (Fsp3) is 0.286. The summed E-state index contributed by atoms with van der Waals surface area (Å²) in [6.45, 7) is 10.5. The molecule has 154 valence electrons. The van der Waals surface area contributed by atoms with Crippen molar-refractivity contribution in [2.75, 3.05) is 0 Å². The van der Waals surface area contributed by atoms with Crippen LogP contribution in [-0.2, 0) is 6.42 Å². The van der Waals surface area contributed by atoms with Crippen molar-refractivity contribution in [3.05, 3.63) is 65.4 Å². The second kappa shape index (κ2) is 6.82. The average Bonchev–Trinajstić information content (AvgIpc) is 2.73. The summed E-state index contributed by atoms with van der Waals surface area (Å²) >= 11 is 0. The summed E-state index contributed by atoms with van der Waals surface area (Å²) < 4.78 is 6.58. The minimum Gasteiger partial charge on any atom is -0.454 e. The first-order chi connectivity index (χ1) is 14.8. The zero-order valence-electron chi connectivity index (χ0n) is 18.7. The van der Waals surface area contributed by atoms with Crippen LogP contribution in [-0.4, -0.2) is 4.98 Å². The van der Waals surface area contributed by atoms with Gasteiger partial charge >= 0.3 is 0 Å². The van der Waals surface area contributed by atoms with Crippen molar-refractivity contribution < 1.29 is 4.74 Å². The van der Waals surface area contributed by atoms with Gasteiger partial charge in [-0.1, -0.05) is 38.1 Å². The van der Waals surface area contributed by atoms with Gasteiger partial charge in [0.25, 0.3) is 0 Å². The van der Waals surface area contributed by atoms with Gasteiger partial charge in [0.05, 0.1) is 11.5 Å². The maximum absolute atomic E-state index is 9.47. The van der Waals surface area contributed by atoms with Gasteiger partial charge in [-0.15, -0.1) is 0 Å². The molecule has 0 fully saturated rings. The van der Waals surface area contributed by atoms with E-state index in [9.17, 15) is 5.26 Å².